The van der Waals surface area contributed by atoms with Gasteiger partial charge in [-0.2, -0.15) is 0 Å². The Labute approximate surface area is 314 Å². The molecule has 3 amide bonds. The lowest BCUT2D eigenvalue weighted by molar-refractivity contribution is -0.151. The van der Waals surface area contributed by atoms with Gasteiger partial charge in [0.25, 0.3) is 0 Å². The van der Waals surface area contributed by atoms with Crippen molar-refractivity contribution in [2.45, 2.75) is 81.6 Å². The van der Waals surface area contributed by atoms with E-state index in [2.05, 4.69) is 16.3 Å². The van der Waals surface area contributed by atoms with Crippen LogP contribution < -0.4 is 9.46 Å². The Morgan fingerprint density at radius 3 is 2.67 bits per heavy atom. The lowest BCUT2D eigenvalue weighted by Crippen LogP contribution is -2.49. The molecule has 1 aromatic heterocycles. The van der Waals surface area contributed by atoms with Crippen molar-refractivity contribution in [1.29, 1.82) is 0 Å². The molecule has 0 unspecified atom stereocenters. The van der Waals surface area contributed by atoms with Gasteiger partial charge >= 0.3 is 5.97 Å². The first kappa shape index (κ1) is 37.5. The van der Waals surface area contributed by atoms with Crippen molar-refractivity contribution < 1.29 is 41.9 Å². The van der Waals surface area contributed by atoms with Gasteiger partial charge in [-0.05, 0) is 80.0 Å². The number of ether oxygens (including phenoxy) is 2. The molecule has 1 aromatic carbocycles. The number of cyclic esters (lactones) is 1. The first-order valence-electron chi connectivity index (χ1n) is 18.8. The molecule has 4 heterocycles. The fraction of sp³-hybridized carbons (Fsp3) is 0.500. The number of pyridine rings is 1. The van der Waals surface area contributed by atoms with E-state index in [1.165, 1.54) is 15.9 Å². The summed E-state index contributed by atoms with van der Waals surface area (Å²) in [6, 6.07) is 6.72. The van der Waals surface area contributed by atoms with E-state index in [1.807, 2.05) is 48.6 Å². The number of nitrogens with one attached hydrogen (secondary N) is 1. The van der Waals surface area contributed by atoms with Crippen molar-refractivity contribution in [3.05, 3.63) is 66.9 Å². The predicted molar refractivity (Wildman–Crippen MR) is 199 cm³/mol. The Hall–Kier alpha value is -4.85. The molecule has 3 aliphatic heterocycles. The Morgan fingerprint density at radius 2 is 1.87 bits per heavy atom. The smallest absolute Gasteiger partial charge is 0.306 e. The molecule has 286 valence electrons. The van der Waals surface area contributed by atoms with Gasteiger partial charge in [0.2, 0.25) is 33.6 Å². The Balaban J connectivity index is 1.27. The number of sulfonamides is 1. The zero-order valence-corrected chi connectivity index (χ0v) is 31.0. The van der Waals surface area contributed by atoms with Crippen LogP contribution in [-0.2, 0) is 38.7 Å². The number of fused-ring (bicyclic) bond motifs is 4. The summed E-state index contributed by atoms with van der Waals surface area (Å²) in [6.45, 7) is 3.92. The molecule has 2 aromatic rings. The van der Waals surface area contributed by atoms with E-state index >= 15 is 0 Å². The standard InChI is InChI=1S/C40H46N4O9S/c1-2-35(46)43-17-7-3-6-10-29-22-40(29,39(49)42-54(50,51)31-13-14-31)23-34(45)33-21-30-25-44(33)38(48)28(24-43)20-36(47)52-18-8-4-5-9-26-11-12-27-15-16-41-37(53-30)32(27)19-26/h2,5-6,9-12,15-16,19,28-31,33H,1,3-4,7-8,13-14,17-18,20-25H2,(H,42,49)/b9-5+,10-6-/t28-,29+,30+,33-,40+/m0/s1. The Kier molecular flexibility index (Phi) is 10.7. The van der Waals surface area contributed by atoms with Crippen LogP contribution >= 0.6 is 0 Å². The summed E-state index contributed by atoms with van der Waals surface area (Å²) in [6.07, 6.45) is 12.7. The summed E-state index contributed by atoms with van der Waals surface area (Å²) in [4.78, 5) is 76.8. The number of allylic oxidation sites excluding steroid dienone is 3. The number of nitrogens with zero attached hydrogens (tertiary/aromatic N) is 3. The topological polar surface area (TPSA) is 169 Å². The molecule has 54 heavy (non-hydrogen) atoms. The van der Waals surface area contributed by atoms with Crippen molar-refractivity contribution in [2.75, 3.05) is 26.2 Å². The van der Waals surface area contributed by atoms with Crippen LogP contribution in [0.2, 0.25) is 0 Å². The summed E-state index contributed by atoms with van der Waals surface area (Å²) >= 11 is 0. The van der Waals surface area contributed by atoms with Crippen molar-refractivity contribution in [1.82, 2.24) is 19.5 Å². The van der Waals surface area contributed by atoms with Crippen LogP contribution in [0, 0.1) is 17.3 Å². The molecule has 2 saturated carbocycles. The quantitative estimate of drug-likeness (QED) is 0.275. The fourth-order valence-corrected chi connectivity index (χ4v) is 9.26. The highest BCUT2D eigenvalue weighted by Gasteiger charge is 2.61. The highest BCUT2D eigenvalue weighted by molar-refractivity contribution is 7.90. The molecular weight excluding hydrogens is 713 g/mol. The highest BCUT2D eigenvalue weighted by Crippen LogP contribution is 2.57. The monoisotopic (exact) mass is 758 g/mol. The van der Waals surface area contributed by atoms with E-state index in [-0.39, 0.29) is 51.9 Å². The molecule has 0 radical (unpaired) electrons. The number of Topliss-reactive ketones (excluding diaryl/α,β-unsaturated/α-hetero) is 1. The Bertz CT molecular complexity index is 2030. The van der Waals surface area contributed by atoms with Crippen LogP contribution in [0.3, 0.4) is 0 Å². The maximum atomic E-state index is 14.7. The molecule has 3 fully saturated rings. The summed E-state index contributed by atoms with van der Waals surface area (Å²) in [7, 11) is -3.88. The molecule has 0 spiro atoms. The maximum absolute atomic E-state index is 14.7. The number of carbonyl (C=O) groups is 5. The van der Waals surface area contributed by atoms with Crippen LogP contribution in [-0.4, -0.2) is 96.3 Å². The van der Waals surface area contributed by atoms with Crippen LogP contribution in [0.1, 0.15) is 69.8 Å². The van der Waals surface area contributed by atoms with Crippen molar-refractivity contribution in [3.63, 3.8) is 0 Å². The third-order valence-corrected chi connectivity index (χ3v) is 13.0. The zero-order valence-electron chi connectivity index (χ0n) is 30.2. The van der Waals surface area contributed by atoms with Crippen LogP contribution in [0.5, 0.6) is 5.88 Å². The van der Waals surface area contributed by atoms with E-state index in [0.29, 0.717) is 44.4 Å². The SMILES string of the molecule is C=CC(=O)N1CCC/C=C\[C@@H]2C[C@@]2(C(=O)NS(=O)(=O)C2CC2)CC(=O)[C@@H]2C[C@@H]3CN2C(=O)[C@@H](CC(=O)OCCC/C=C/c2ccc4ccnc(c4c2)O3)C1. The van der Waals surface area contributed by atoms with Gasteiger partial charge in [-0.3, -0.25) is 28.7 Å². The number of ketones is 1. The maximum Gasteiger partial charge on any atom is 0.306 e. The van der Waals surface area contributed by atoms with Gasteiger partial charge in [-0.15, -0.1) is 0 Å². The van der Waals surface area contributed by atoms with E-state index in [1.54, 1.807) is 6.20 Å². The summed E-state index contributed by atoms with van der Waals surface area (Å²) in [5, 5.41) is 1.03. The minimum Gasteiger partial charge on any atom is -0.472 e. The molecule has 5 atom stereocenters. The number of esters is 1. The number of hydrogen-bond acceptors (Lipinski definition) is 10. The highest BCUT2D eigenvalue weighted by atomic mass is 32.2. The third kappa shape index (κ3) is 8.13. The second kappa shape index (κ2) is 15.5. The van der Waals surface area contributed by atoms with Gasteiger partial charge in [0.05, 0.1) is 42.2 Å². The predicted octanol–water partition coefficient (Wildman–Crippen LogP) is 3.88. The number of amides is 3. The molecule has 1 saturated heterocycles. The van der Waals surface area contributed by atoms with Crippen LogP contribution in [0.25, 0.3) is 16.8 Å². The molecule has 13 nitrogen and oxygen atoms in total. The van der Waals surface area contributed by atoms with Gasteiger partial charge in [-0.25, -0.2) is 13.4 Å². The molecule has 1 N–H and O–H groups in total. The van der Waals surface area contributed by atoms with E-state index in [4.69, 9.17) is 9.47 Å². The normalized spacial score (nSPS) is 29.4. The van der Waals surface area contributed by atoms with Gasteiger partial charge in [0, 0.05) is 37.5 Å². The summed E-state index contributed by atoms with van der Waals surface area (Å²) in [5.41, 5.74) is -0.380. The molecule has 2 aliphatic carbocycles. The first-order chi connectivity index (χ1) is 26.0. The van der Waals surface area contributed by atoms with Crippen molar-refractivity contribution >= 4 is 56.3 Å². The summed E-state index contributed by atoms with van der Waals surface area (Å²) in [5.74, 6) is -3.75. The third-order valence-electron chi connectivity index (χ3n) is 11.2. The van der Waals surface area contributed by atoms with Crippen molar-refractivity contribution in [3.8, 4) is 5.88 Å². The molecule has 5 bridgehead atoms. The second-order valence-corrected chi connectivity index (χ2v) is 17.0. The molecule has 5 aliphatic rings. The summed E-state index contributed by atoms with van der Waals surface area (Å²) < 4.78 is 40.1. The minimum atomic E-state index is -3.88. The van der Waals surface area contributed by atoms with Gasteiger partial charge < -0.3 is 19.3 Å². The van der Waals surface area contributed by atoms with E-state index in [9.17, 15) is 32.4 Å². The lowest BCUT2D eigenvalue weighted by atomic mass is 9.91. The van der Waals surface area contributed by atoms with Crippen molar-refractivity contribution in [2.24, 2.45) is 17.3 Å². The van der Waals surface area contributed by atoms with Crippen LogP contribution in [0.4, 0.5) is 0 Å². The first-order valence-corrected chi connectivity index (χ1v) is 20.4. The van der Waals surface area contributed by atoms with E-state index < -0.39 is 74.1 Å². The lowest BCUT2D eigenvalue weighted by Gasteiger charge is -2.31. The number of hydrogen-bond donors (Lipinski definition) is 1. The fourth-order valence-electron chi connectivity index (χ4n) is 7.88. The minimum absolute atomic E-state index is 0.0214. The average molecular weight is 759 g/mol. The number of carbonyl (C=O) groups excluding carboxylic acids is 5. The number of benzene rings is 1. The molecule has 14 heteroatoms. The second-order valence-electron chi connectivity index (χ2n) is 15.1. The van der Waals surface area contributed by atoms with Gasteiger partial charge in [-0.1, -0.05) is 43.0 Å². The zero-order chi connectivity index (χ0) is 38.0. The number of aromatic nitrogens is 1. The largest absolute Gasteiger partial charge is 0.472 e. The average Bonchev–Trinajstić information content (AvgIpc) is 4.08. The molecule has 7 rings (SSSR count). The van der Waals surface area contributed by atoms with E-state index in [0.717, 1.165) is 16.3 Å². The number of rotatable bonds is 4. The Morgan fingerprint density at radius 1 is 1.06 bits per heavy atom. The molecular formula is C40H46N4O9S. The van der Waals surface area contributed by atoms with Gasteiger partial charge in [0.1, 0.15) is 6.10 Å². The van der Waals surface area contributed by atoms with Gasteiger partial charge in [0.15, 0.2) is 5.78 Å². The van der Waals surface area contributed by atoms with Crippen LogP contribution in [0.15, 0.2) is 61.3 Å².